The molecule has 0 aliphatic carbocycles. The summed E-state index contributed by atoms with van der Waals surface area (Å²) >= 11 is 0. The number of hydrogen-bond donors (Lipinski definition) is 2. The topological polar surface area (TPSA) is 94.1 Å². The molecule has 0 bridgehead atoms. The summed E-state index contributed by atoms with van der Waals surface area (Å²) in [6.45, 7) is 1.55. The van der Waals surface area contributed by atoms with Gasteiger partial charge in [-0.1, -0.05) is 0 Å². The van der Waals surface area contributed by atoms with Gasteiger partial charge in [-0.25, -0.2) is 10.8 Å². The van der Waals surface area contributed by atoms with E-state index in [0.29, 0.717) is 11.5 Å². The van der Waals surface area contributed by atoms with Crippen LogP contribution in [-0.2, 0) is 0 Å². The second-order valence-corrected chi connectivity index (χ2v) is 2.20. The number of hydrogen-bond acceptors (Lipinski definition) is 5. The van der Waals surface area contributed by atoms with Crippen LogP contribution in [0.2, 0.25) is 0 Å². The maximum absolute atomic E-state index is 10.3. The molecule has 0 amide bonds. The van der Waals surface area contributed by atoms with E-state index in [0.717, 1.165) is 0 Å². The molecule has 6 nitrogen and oxygen atoms in total. The third-order valence-electron chi connectivity index (χ3n) is 1.40. The van der Waals surface area contributed by atoms with Gasteiger partial charge in [0.05, 0.1) is 4.92 Å². The summed E-state index contributed by atoms with van der Waals surface area (Å²) in [5.74, 6) is 5.48. The van der Waals surface area contributed by atoms with E-state index in [1.54, 1.807) is 6.92 Å². The van der Waals surface area contributed by atoms with Crippen molar-refractivity contribution in [3.05, 3.63) is 27.9 Å². The number of pyridine rings is 1. The Labute approximate surface area is 68.5 Å². The summed E-state index contributed by atoms with van der Waals surface area (Å²) in [5.41, 5.74) is 2.64. The maximum atomic E-state index is 10.3. The SMILES string of the molecule is Cc1nc(NN)ccc1[N+](=O)[O-]. The van der Waals surface area contributed by atoms with E-state index in [4.69, 9.17) is 5.84 Å². The van der Waals surface area contributed by atoms with Crippen molar-refractivity contribution in [3.63, 3.8) is 0 Å². The van der Waals surface area contributed by atoms with Crippen LogP contribution in [0.5, 0.6) is 0 Å². The summed E-state index contributed by atoms with van der Waals surface area (Å²) < 4.78 is 0. The van der Waals surface area contributed by atoms with Crippen LogP contribution in [-0.4, -0.2) is 9.91 Å². The summed E-state index contributed by atoms with van der Waals surface area (Å²) in [5, 5.41) is 10.3. The first-order valence-corrected chi connectivity index (χ1v) is 3.24. The molecule has 0 aromatic carbocycles. The van der Waals surface area contributed by atoms with Gasteiger partial charge in [0.15, 0.2) is 0 Å². The largest absolute Gasteiger partial charge is 0.308 e. The molecule has 0 saturated carbocycles. The van der Waals surface area contributed by atoms with Gasteiger partial charge in [0.2, 0.25) is 0 Å². The minimum Gasteiger partial charge on any atom is -0.308 e. The van der Waals surface area contributed by atoms with Gasteiger partial charge in [-0.05, 0) is 13.0 Å². The summed E-state index contributed by atoms with van der Waals surface area (Å²) in [6, 6.07) is 2.81. The van der Waals surface area contributed by atoms with Crippen molar-refractivity contribution in [2.75, 3.05) is 5.43 Å². The van der Waals surface area contributed by atoms with Crippen molar-refractivity contribution < 1.29 is 4.92 Å². The number of nitrogens with zero attached hydrogens (tertiary/aromatic N) is 2. The molecule has 6 heteroatoms. The lowest BCUT2D eigenvalue weighted by Crippen LogP contribution is -2.09. The van der Waals surface area contributed by atoms with Crippen LogP contribution in [0.3, 0.4) is 0 Å². The molecule has 0 aliphatic heterocycles. The fourth-order valence-electron chi connectivity index (χ4n) is 0.827. The highest BCUT2D eigenvalue weighted by Gasteiger charge is 2.10. The average Bonchev–Trinajstić information content (AvgIpc) is 2.03. The van der Waals surface area contributed by atoms with Crippen LogP contribution in [0.1, 0.15) is 5.69 Å². The van der Waals surface area contributed by atoms with Crippen molar-refractivity contribution in [2.45, 2.75) is 6.92 Å². The average molecular weight is 168 g/mol. The van der Waals surface area contributed by atoms with E-state index < -0.39 is 4.92 Å². The predicted molar refractivity (Wildman–Crippen MR) is 43.4 cm³/mol. The lowest BCUT2D eigenvalue weighted by molar-refractivity contribution is -0.385. The fourth-order valence-corrected chi connectivity index (χ4v) is 0.827. The van der Waals surface area contributed by atoms with Crippen LogP contribution >= 0.6 is 0 Å². The Kier molecular flexibility index (Phi) is 2.20. The van der Waals surface area contributed by atoms with Gasteiger partial charge >= 0.3 is 0 Å². The minimum atomic E-state index is -0.484. The van der Waals surface area contributed by atoms with Gasteiger partial charge in [0.1, 0.15) is 11.5 Å². The molecule has 1 aromatic heterocycles. The summed E-state index contributed by atoms with van der Waals surface area (Å²) in [6.07, 6.45) is 0. The Bertz CT molecular complexity index is 312. The number of nitrogens with two attached hydrogens (primary N) is 1. The number of aryl methyl sites for hydroxylation is 1. The Morgan fingerprint density at radius 3 is 2.75 bits per heavy atom. The Balaban J connectivity index is 3.12. The molecule has 1 rings (SSSR count). The zero-order valence-corrected chi connectivity index (χ0v) is 6.44. The number of nitrogen functional groups attached to an aromatic ring is 1. The molecule has 1 aromatic rings. The van der Waals surface area contributed by atoms with Crippen molar-refractivity contribution in [1.82, 2.24) is 4.98 Å². The van der Waals surface area contributed by atoms with E-state index in [2.05, 4.69) is 10.4 Å². The zero-order chi connectivity index (χ0) is 9.14. The lowest BCUT2D eigenvalue weighted by Gasteiger charge is -1.99. The van der Waals surface area contributed by atoms with Gasteiger partial charge in [0, 0.05) is 6.07 Å². The van der Waals surface area contributed by atoms with Crippen molar-refractivity contribution in [2.24, 2.45) is 5.84 Å². The molecule has 12 heavy (non-hydrogen) atoms. The summed E-state index contributed by atoms with van der Waals surface area (Å²) in [7, 11) is 0. The molecule has 0 saturated heterocycles. The molecule has 3 N–H and O–H groups in total. The van der Waals surface area contributed by atoms with E-state index in [-0.39, 0.29) is 5.69 Å². The van der Waals surface area contributed by atoms with E-state index >= 15 is 0 Å². The first-order valence-electron chi connectivity index (χ1n) is 3.24. The second kappa shape index (κ2) is 3.14. The molecule has 64 valence electrons. The van der Waals surface area contributed by atoms with Gasteiger partial charge in [-0.3, -0.25) is 10.1 Å². The number of nitro groups is 1. The zero-order valence-electron chi connectivity index (χ0n) is 6.44. The molecular formula is C6H8N4O2. The second-order valence-electron chi connectivity index (χ2n) is 2.20. The fraction of sp³-hybridized carbons (Fsp3) is 0.167. The molecule has 0 aliphatic rings. The van der Waals surface area contributed by atoms with Crippen molar-refractivity contribution in [1.29, 1.82) is 0 Å². The lowest BCUT2D eigenvalue weighted by atomic mass is 10.3. The smallest absolute Gasteiger partial charge is 0.290 e. The monoisotopic (exact) mass is 168 g/mol. The minimum absolute atomic E-state index is 0.00556. The molecule has 0 atom stereocenters. The third-order valence-corrected chi connectivity index (χ3v) is 1.40. The molecule has 0 fully saturated rings. The third kappa shape index (κ3) is 1.48. The predicted octanol–water partition coefficient (Wildman–Crippen LogP) is 0.584. The Morgan fingerprint density at radius 2 is 2.33 bits per heavy atom. The molecule has 0 unspecified atom stereocenters. The number of rotatable bonds is 2. The van der Waals surface area contributed by atoms with Gasteiger partial charge < -0.3 is 5.43 Å². The first kappa shape index (κ1) is 8.41. The Hall–Kier alpha value is -1.69. The number of aromatic nitrogens is 1. The van der Waals surface area contributed by atoms with Gasteiger partial charge in [0.25, 0.3) is 5.69 Å². The highest BCUT2D eigenvalue weighted by atomic mass is 16.6. The molecule has 0 radical (unpaired) electrons. The number of nitrogens with one attached hydrogen (secondary N) is 1. The molecular weight excluding hydrogens is 160 g/mol. The Morgan fingerprint density at radius 1 is 1.67 bits per heavy atom. The highest BCUT2D eigenvalue weighted by Crippen LogP contribution is 2.16. The normalized spacial score (nSPS) is 9.50. The standard InChI is InChI=1S/C6H8N4O2/c1-4-5(10(11)12)2-3-6(8-4)9-7/h2-3H,7H2,1H3,(H,8,9). The van der Waals surface area contributed by atoms with Crippen LogP contribution in [0.15, 0.2) is 12.1 Å². The van der Waals surface area contributed by atoms with E-state index in [1.807, 2.05) is 0 Å². The van der Waals surface area contributed by atoms with E-state index in [9.17, 15) is 10.1 Å². The number of hydrazine groups is 1. The van der Waals surface area contributed by atoms with Crippen molar-refractivity contribution >= 4 is 11.5 Å². The molecule has 0 spiro atoms. The quantitative estimate of drug-likeness (QED) is 0.382. The van der Waals surface area contributed by atoms with Crippen molar-refractivity contribution in [3.8, 4) is 0 Å². The number of anilines is 1. The van der Waals surface area contributed by atoms with Gasteiger partial charge in [-0.15, -0.1) is 0 Å². The maximum Gasteiger partial charge on any atom is 0.290 e. The molecule has 1 heterocycles. The van der Waals surface area contributed by atoms with E-state index in [1.165, 1.54) is 12.1 Å². The van der Waals surface area contributed by atoms with Gasteiger partial charge in [-0.2, -0.15) is 0 Å². The summed E-state index contributed by atoms with van der Waals surface area (Å²) in [4.78, 5) is 13.7. The van der Waals surface area contributed by atoms with Crippen LogP contribution in [0.25, 0.3) is 0 Å². The van der Waals surface area contributed by atoms with Crippen LogP contribution < -0.4 is 11.3 Å². The first-order chi connectivity index (χ1) is 5.65. The van der Waals surface area contributed by atoms with Crippen LogP contribution in [0, 0.1) is 17.0 Å². The van der Waals surface area contributed by atoms with Crippen LogP contribution in [0.4, 0.5) is 11.5 Å². The highest BCUT2D eigenvalue weighted by molar-refractivity contribution is 5.43.